The number of rotatable bonds is 4. The third kappa shape index (κ3) is 2.50. The van der Waals surface area contributed by atoms with Crippen LogP contribution in [0.2, 0.25) is 0 Å². The second kappa shape index (κ2) is 3.72. The highest BCUT2D eigenvalue weighted by Crippen LogP contribution is 2.36. The van der Waals surface area contributed by atoms with Gasteiger partial charge in [-0.05, 0) is 18.8 Å². The zero-order valence-corrected chi connectivity index (χ0v) is 6.84. The second-order valence-electron chi connectivity index (χ2n) is 3.14. The topological polar surface area (TPSA) is 49.3 Å². The summed E-state index contributed by atoms with van der Waals surface area (Å²) in [7, 11) is 0. The summed E-state index contributed by atoms with van der Waals surface area (Å²) in [5.74, 6) is 0.830. The average molecular weight is 157 g/mol. The van der Waals surface area contributed by atoms with Gasteiger partial charge in [0.2, 0.25) is 5.91 Å². The Morgan fingerprint density at radius 3 is 2.82 bits per heavy atom. The Morgan fingerprint density at radius 1 is 1.73 bits per heavy atom. The van der Waals surface area contributed by atoms with Crippen LogP contribution in [0.15, 0.2) is 0 Å². The van der Waals surface area contributed by atoms with Gasteiger partial charge in [0, 0.05) is 12.5 Å². The number of carbonyl (C=O) groups is 1. The van der Waals surface area contributed by atoms with E-state index in [0.717, 1.165) is 0 Å². The van der Waals surface area contributed by atoms with Crippen molar-refractivity contribution in [3.63, 3.8) is 0 Å². The van der Waals surface area contributed by atoms with Crippen molar-refractivity contribution >= 4 is 5.91 Å². The van der Waals surface area contributed by atoms with Crippen molar-refractivity contribution in [2.75, 3.05) is 13.2 Å². The van der Waals surface area contributed by atoms with E-state index >= 15 is 0 Å². The fourth-order valence-corrected chi connectivity index (χ4v) is 1.15. The predicted octanol–water partition coefficient (Wildman–Crippen LogP) is 0.141. The standard InChI is InChI=1S/C8H15NO2/c1-6(7-2-3-7)8(11)9-4-5-10/h6-7,10H,2-5H2,1H3,(H,9,11). The van der Waals surface area contributed by atoms with Crippen molar-refractivity contribution in [2.24, 2.45) is 11.8 Å². The zero-order chi connectivity index (χ0) is 8.27. The van der Waals surface area contributed by atoms with Crippen LogP contribution in [0.25, 0.3) is 0 Å². The minimum atomic E-state index is 0.0309. The molecule has 1 unspecified atom stereocenters. The minimum Gasteiger partial charge on any atom is -0.395 e. The van der Waals surface area contributed by atoms with E-state index in [9.17, 15) is 4.79 Å². The van der Waals surface area contributed by atoms with Crippen LogP contribution < -0.4 is 5.32 Å². The third-order valence-electron chi connectivity index (χ3n) is 2.15. The molecule has 3 heteroatoms. The Labute approximate surface area is 66.8 Å². The van der Waals surface area contributed by atoms with E-state index in [1.807, 2.05) is 6.92 Å². The molecule has 2 N–H and O–H groups in total. The molecule has 1 aliphatic rings. The van der Waals surface area contributed by atoms with Gasteiger partial charge in [0.1, 0.15) is 0 Å². The monoisotopic (exact) mass is 157 g/mol. The summed E-state index contributed by atoms with van der Waals surface area (Å²) in [6, 6.07) is 0. The molecule has 1 atom stereocenters. The van der Waals surface area contributed by atoms with Crippen LogP contribution in [0, 0.1) is 11.8 Å². The lowest BCUT2D eigenvalue weighted by atomic mass is 10.1. The normalized spacial score (nSPS) is 19.5. The van der Waals surface area contributed by atoms with Gasteiger partial charge in [0.25, 0.3) is 0 Å². The number of hydrogen-bond donors (Lipinski definition) is 2. The van der Waals surface area contributed by atoms with E-state index < -0.39 is 0 Å². The van der Waals surface area contributed by atoms with Crippen LogP contribution in [0.5, 0.6) is 0 Å². The second-order valence-corrected chi connectivity index (χ2v) is 3.14. The number of amides is 1. The van der Waals surface area contributed by atoms with E-state index in [4.69, 9.17) is 5.11 Å². The summed E-state index contributed by atoms with van der Waals surface area (Å²) in [6.07, 6.45) is 2.38. The summed E-state index contributed by atoms with van der Waals surface area (Å²) in [5.41, 5.74) is 0. The molecule has 0 saturated heterocycles. The number of nitrogens with one attached hydrogen (secondary N) is 1. The molecule has 11 heavy (non-hydrogen) atoms. The summed E-state index contributed by atoms with van der Waals surface area (Å²) < 4.78 is 0. The summed E-state index contributed by atoms with van der Waals surface area (Å²) >= 11 is 0. The molecule has 1 aliphatic carbocycles. The Morgan fingerprint density at radius 2 is 2.36 bits per heavy atom. The molecule has 64 valence electrons. The van der Waals surface area contributed by atoms with E-state index in [0.29, 0.717) is 12.5 Å². The lowest BCUT2D eigenvalue weighted by Crippen LogP contribution is -2.32. The molecule has 1 rings (SSSR count). The third-order valence-corrected chi connectivity index (χ3v) is 2.15. The first kappa shape index (κ1) is 8.53. The first-order valence-electron chi connectivity index (χ1n) is 4.14. The molecule has 0 aromatic carbocycles. The van der Waals surface area contributed by atoms with Crippen LogP contribution in [0.4, 0.5) is 0 Å². The predicted molar refractivity (Wildman–Crippen MR) is 42.0 cm³/mol. The van der Waals surface area contributed by atoms with Crippen LogP contribution >= 0.6 is 0 Å². The zero-order valence-electron chi connectivity index (χ0n) is 6.84. The molecule has 0 aromatic heterocycles. The molecule has 0 spiro atoms. The molecule has 0 bridgehead atoms. The number of hydrogen-bond acceptors (Lipinski definition) is 2. The van der Waals surface area contributed by atoms with E-state index in [2.05, 4.69) is 5.32 Å². The van der Waals surface area contributed by atoms with Crippen molar-refractivity contribution in [2.45, 2.75) is 19.8 Å². The molecule has 0 aliphatic heterocycles. The van der Waals surface area contributed by atoms with E-state index in [1.165, 1.54) is 12.8 Å². The van der Waals surface area contributed by atoms with Gasteiger partial charge in [-0.3, -0.25) is 4.79 Å². The molecular formula is C8H15NO2. The smallest absolute Gasteiger partial charge is 0.223 e. The maximum Gasteiger partial charge on any atom is 0.223 e. The van der Waals surface area contributed by atoms with Crippen molar-refractivity contribution in [1.82, 2.24) is 5.32 Å². The quantitative estimate of drug-likeness (QED) is 0.610. The van der Waals surface area contributed by atoms with Crippen molar-refractivity contribution in [3.8, 4) is 0 Å². The average Bonchev–Trinajstić information content (AvgIpc) is 2.81. The molecule has 1 fully saturated rings. The Kier molecular flexibility index (Phi) is 2.88. The fourth-order valence-electron chi connectivity index (χ4n) is 1.15. The van der Waals surface area contributed by atoms with E-state index in [1.54, 1.807) is 0 Å². The Hall–Kier alpha value is -0.570. The minimum absolute atomic E-state index is 0.0309. The Balaban J connectivity index is 2.16. The first-order valence-corrected chi connectivity index (χ1v) is 4.14. The summed E-state index contributed by atoms with van der Waals surface area (Å²) in [6.45, 7) is 2.36. The first-order chi connectivity index (χ1) is 5.25. The molecule has 1 saturated carbocycles. The van der Waals surface area contributed by atoms with Crippen LogP contribution in [0.3, 0.4) is 0 Å². The molecular weight excluding hydrogens is 142 g/mol. The van der Waals surface area contributed by atoms with Gasteiger partial charge in [0.15, 0.2) is 0 Å². The molecule has 0 aromatic rings. The van der Waals surface area contributed by atoms with Gasteiger partial charge in [0.05, 0.1) is 6.61 Å². The lowest BCUT2D eigenvalue weighted by molar-refractivity contribution is -0.125. The van der Waals surface area contributed by atoms with Crippen molar-refractivity contribution in [1.29, 1.82) is 0 Å². The van der Waals surface area contributed by atoms with E-state index in [-0.39, 0.29) is 18.4 Å². The largest absolute Gasteiger partial charge is 0.395 e. The van der Waals surface area contributed by atoms with Gasteiger partial charge in [-0.1, -0.05) is 6.92 Å². The van der Waals surface area contributed by atoms with Crippen LogP contribution in [-0.4, -0.2) is 24.2 Å². The van der Waals surface area contributed by atoms with Gasteiger partial charge in [-0.15, -0.1) is 0 Å². The van der Waals surface area contributed by atoms with Gasteiger partial charge in [-0.2, -0.15) is 0 Å². The van der Waals surface area contributed by atoms with Gasteiger partial charge in [-0.25, -0.2) is 0 Å². The highest BCUT2D eigenvalue weighted by molar-refractivity contribution is 5.78. The number of aliphatic hydroxyl groups excluding tert-OH is 1. The van der Waals surface area contributed by atoms with Gasteiger partial charge >= 0.3 is 0 Å². The molecule has 3 nitrogen and oxygen atoms in total. The fraction of sp³-hybridized carbons (Fsp3) is 0.875. The highest BCUT2D eigenvalue weighted by Gasteiger charge is 2.32. The number of carbonyl (C=O) groups excluding carboxylic acids is 1. The maximum absolute atomic E-state index is 11.2. The van der Waals surface area contributed by atoms with Crippen molar-refractivity contribution < 1.29 is 9.90 Å². The molecule has 0 heterocycles. The lowest BCUT2D eigenvalue weighted by Gasteiger charge is -2.09. The highest BCUT2D eigenvalue weighted by atomic mass is 16.3. The van der Waals surface area contributed by atoms with Crippen LogP contribution in [-0.2, 0) is 4.79 Å². The SMILES string of the molecule is CC(C(=O)NCCO)C1CC1. The molecule has 0 radical (unpaired) electrons. The summed E-state index contributed by atoms with van der Waals surface area (Å²) in [4.78, 5) is 11.2. The molecule has 1 amide bonds. The maximum atomic E-state index is 11.2. The van der Waals surface area contributed by atoms with Gasteiger partial charge < -0.3 is 10.4 Å². The van der Waals surface area contributed by atoms with Crippen molar-refractivity contribution in [3.05, 3.63) is 0 Å². The van der Waals surface area contributed by atoms with Crippen LogP contribution in [0.1, 0.15) is 19.8 Å². The summed E-state index contributed by atoms with van der Waals surface area (Å²) in [5, 5.41) is 11.1. The Bertz CT molecular complexity index is 143. The number of aliphatic hydroxyl groups is 1.